The highest BCUT2D eigenvalue weighted by Gasteiger charge is 2.27. The Morgan fingerprint density at radius 1 is 1.50 bits per heavy atom. The zero-order valence-corrected chi connectivity index (χ0v) is 13.1. The average molecular weight is 282 g/mol. The van der Waals surface area contributed by atoms with Crippen molar-refractivity contribution in [2.45, 2.75) is 59.4 Å². The molecule has 0 aliphatic rings. The van der Waals surface area contributed by atoms with Gasteiger partial charge >= 0.3 is 0 Å². The van der Waals surface area contributed by atoms with Gasteiger partial charge in [-0.1, -0.05) is 39.8 Å². The maximum Gasteiger partial charge on any atom is 0.290 e. The van der Waals surface area contributed by atoms with E-state index in [1.807, 2.05) is 27.7 Å². The normalized spacial score (nSPS) is 14.9. The first kappa shape index (κ1) is 16.7. The molecule has 20 heavy (non-hydrogen) atoms. The van der Waals surface area contributed by atoms with Crippen LogP contribution in [0.25, 0.3) is 0 Å². The third-order valence-corrected chi connectivity index (χ3v) is 3.64. The summed E-state index contributed by atoms with van der Waals surface area (Å²) < 4.78 is 5.12. The van der Waals surface area contributed by atoms with Crippen LogP contribution in [0.1, 0.15) is 69.6 Å². The maximum atomic E-state index is 12.2. The summed E-state index contributed by atoms with van der Waals surface area (Å²) in [6.45, 7) is 10.2. The lowest BCUT2D eigenvalue weighted by atomic mass is 9.85. The summed E-state index contributed by atoms with van der Waals surface area (Å²) in [7, 11) is 0. The van der Waals surface area contributed by atoms with E-state index < -0.39 is 0 Å². The van der Waals surface area contributed by atoms with Gasteiger partial charge < -0.3 is 14.9 Å². The number of carbonyl (C=O) groups is 1. The summed E-state index contributed by atoms with van der Waals surface area (Å²) >= 11 is 0. The molecule has 1 heterocycles. The number of nitrogens with zero attached hydrogens (tertiary/aromatic N) is 1. The van der Waals surface area contributed by atoms with Gasteiger partial charge in [0.2, 0.25) is 5.76 Å². The number of amides is 1. The molecule has 114 valence electrons. The molecular weight excluding hydrogens is 256 g/mol. The van der Waals surface area contributed by atoms with Crippen molar-refractivity contribution in [2.24, 2.45) is 5.41 Å². The van der Waals surface area contributed by atoms with Crippen LogP contribution in [0, 0.1) is 5.41 Å². The van der Waals surface area contributed by atoms with Crippen LogP contribution in [-0.4, -0.2) is 28.8 Å². The topological polar surface area (TPSA) is 75.4 Å². The van der Waals surface area contributed by atoms with E-state index in [-0.39, 0.29) is 35.6 Å². The van der Waals surface area contributed by atoms with E-state index in [4.69, 9.17) is 9.63 Å². The van der Waals surface area contributed by atoms with Crippen LogP contribution in [0.5, 0.6) is 0 Å². The van der Waals surface area contributed by atoms with Gasteiger partial charge in [-0.2, -0.15) is 0 Å². The van der Waals surface area contributed by atoms with Crippen LogP contribution in [0.3, 0.4) is 0 Å². The minimum absolute atomic E-state index is 0.0384. The van der Waals surface area contributed by atoms with E-state index in [1.54, 1.807) is 6.07 Å². The standard InChI is InChI=1S/C15H26N2O3/c1-6-10(2)11-9-12(20-17-11)14(19)16-13(7-8-18)15(3,4)5/h9-10,13,18H,6-8H2,1-5H3,(H,16,19). The molecule has 0 aliphatic heterocycles. The van der Waals surface area contributed by atoms with Crippen LogP contribution in [0.15, 0.2) is 10.6 Å². The zero-order chi connectivity index (χ0) is 15.3. The number of nitrogens with one attached hydrogen (secondary N) is 1. The van der Waals surface area contributed by atoms with E-state index in [9.17, 15) is 4.79 Å². The van der Waals surface area contributed by atoms with Crippen molar-refractivity contribution in [2.75, 3.05) is 6.61 Å². The first-order valence-electron chi connectivity index (χ1n) is 7.17. The molecule has 0 fully saturated rings. The van der Waals surface area contributed by atoms with Crippen molar-refractivity contribution < 1.29 is 14.4 Å². The van der Waals surface area contributed by atoms with Gasteiger partial charge in [-0.3, -0.25) is 4.79 Å². The highest BCUT2D eigenvalue weighted by atomic mass is 16.5. The van der Waals surface area contributed by atoms with Gasteiger partial charge in [-0.05, 0) is 18.3 Å². The van der Waals surface area contributed by atoms with Crippen molar-refractivity contribution in [1.29, 1.82) is 0 Å². The lowest BCUT2D eigenvalue weighted by Gasteiger charge is -2.30. The lowest BCUT2D eigenvalue weighted by molar-refractivity contribution is 0.0848. The molecule has 0 aromatic carbocycles. The fraction of sp³-hybridized carbons (Fsp3) is 0.733. The van der Waals surface area contributed by atoms with Gasteiger partial charge in [0.1, 0.15) is 0 Å². The third-order valence-electron chi connectivity index (χ3n) is 3.64. The average Bonchev–Trinajstić information content (AvgIpc) is 2.85. The molecular formula is C15H26N2O3. The fourth-order valence-electron chi connectivity index (χ4n) is 1.92. The van der Waals surface area contributed by atoms with Crippen molar-refractivity contribution in [1.82, 2.24) is 10.5 Å². The summed E-state index contributed by atoms with van der Waals surface area (Å²) in [4.78, 5) is 12.2. The van der Waals surface area contributed by atoms with Crippen molar-refractivity contribution >= 4 is 5.91 Å². The molecule has 5 nitrogen and oxygen atoms in total. The molecule has 2 atom stereocenters. The summed E-state index contributed by atoms with van der Waals surface area (Å²) in [6, 6.07) is 1.58. The number of carbonyl (C=O) groups excluding carboxylic acids is 1. The summed E-state index contributed by atoms with van der Waals surface area (Å²) in [5.74, 6) is 0.226. The second-order valence-electron chi connectivity index (χ2n) is 6.33. The molecule has 1 aromatic heterocycles. The second kappa shape index (κ2) is 6.88. The Labute approximate surface area is 120 Å². The Hall–Kier alpha value is -1.36. The Morgan fingerprint density at radius 2 is 2.15 bits per heavy atom. The SMILES string of the molecule is CCC(C)c1cc(C(=O)NC(CCO)C(C)(C)C)on1. The van der Waals surface area contributed by atoms with Crippen LogP contribution in [-0.2, 0) is 0 Å². The molecule has 1 amide bonds. The molecule has 1 rings (SSSR count). The first-order valence-corrected chi connectivity index (χ1v) is 7.17. The highest BCUT2D eigenvalue weighted by Crippen LogP contribution is 2.23. The molecule has 0 bridgehead atoms. The Kier molecular flexibility index (Phi) is 5.74. The van der Waals surface area contributed by atoms with Crippen molar-refractivity contribution in [3.63, 3.8) is 0 Å². The van der Waals surface area contributed by atoms with Crippen molar-refractivity contribution in [3.05, 3.63) is 17.5 Å². The predicted octanol–water partition coefficient (Wildman–Crippen LogP) is 2.72. The van der Waals surface area contributed by atoms with Crippen molar-refractivity contribution in [3.8, 4) is 0 Å². The van der Waals surface area contributed by atoms with E-state index in [0.29, 0.717) is 6.42 Å². The number of hydrogen-bond acceptors (Lipinski definition) is 4. The zero-order valence-electron chi connectivity index (χ0n) is 13.1. The smallest absolute Gasteiger partial charge is 0.290 e. The van der Waals surface area contributed by atoms with E-state index in [1.165, 1.54) is 0 Å². The molecule has 0 spiro atoms. The van der Waals surface area contributed by atoms with Gasteiger partial charge in [0.15, 0.2) is 0 Å². The summed E-state index contributed by atoms with van der Waals surface area (Å²) in [5.41, 5.74) is 0.671. The Morgan fingerprint density at radius 3 is 2.65 bits per heavy atom. The van der Waals surface area contributed by atoms with E-state index in [0.717, 1.165) is 12.1 Å². The maximum absolute atomic E-state index is 12.2. The van der Waals surface area contributed by atoms with Crippen LogP contribution < -0.4 is 5.32 Å². The first-order chi connectivity index (χ1) is 9.29. The number of aromatic nitrogens is 1. The minimum atomic E-state index is -0.277. The monoisotopic (exact) mass is 282 g/mol. The van der Waals surface area contributed by atoms with Gasteiger partial charge in [0.25, 0.3) is 5.91 Å². The number of aliphatic hydroxyl groups is 1. The van der Waals surface area contributed by atoms with Gasteiger partial charge in [-0.25, -0.2) is 0 Å². The summed E-state index contributed by atoms with van der Waals surface area (Å²) in [6.07, 6.45) is 1.46. The van der Waals surface area contributed by atoms with Gasteiger partial charge in [-0.15, -0.1) is 0 Å². The predicted molar refractivity (Wildman–Crippen MR) is 77.6 cm³/mol. The number of hydrogen-bond donors (Lipinski definition) is 2. The number of aliphatic hydroxyl groups excluding tert-OH is 1. The molecule has 2 N–H and O–H groups in total. The fourth-order valence-corrected chi connectivity index (χ4v) is 1.92. The van der Waals surface area contributed by atoms with Gasteiger partial charge in [0.05, 0.1) is 5.69 Å². The van der Waals surface area contributed by atoms with Crippen LogP contribution >= 0.6 is 0 Å². The Bertz CT molecular complexity index is 435. The summed E-state index contributed by atoms with van der Waals surface area (Å²) in [5, 5.41) is 16.0. The van der Waals surface area contributed by atoms with E-state index in [2.05, 4.69) is 17.4 Å². The molecule has 0 aliphatic carbocycles. The minimum Gasteiger partial charge on any atom is -0.396 e. The number of rotatable bonds is 6. The lowest BCUT2D eigenvalue weighted by Crippen LogP contribution is -2.44. The molecule has 5 heteroatoms. The quantitative estimate of drug-likeness (QED) is 0.841. The highest BCUT2D eigenvalue weighted by molar-refractivity contribution is 5.91. The van der Waals surface area contributed by atoms with Gasteiger partial charge in [0, 0.05) is 24.6 Å². The largest absolute Gasteiger partial charge is 0.396 e. The molecule has 1 aromatic rings. The molecule has 0 saturated heterocycles. The van der Waals surface area contributed by atoms with Crippen LogP contribution in [0.4, 0.5) is 0 Å². The molecule has 2 unspecified atom stereocenters. The third kappa shape index (κ3) is 4.34. The molecule has 0 saturated carbocycles. The Balaban J connectivity index is 2.76. The molecule has 0 radical (unpaired) electrons. The van der Waals surface area contributed by atoms with E-state index >= 15 is 0 Å². The van der Waals surface area contributed by atoms with Crippen LogP contribution in [0.2, 0.25) is 0 Å². The second-order valence-corrected chi connectivity index (χ2v) is 6.33.